The molecular formula is C12H15ClO4. The SMILES string of the molecule is COC(=O)c1ccc(OCCOCCCl)cc1. The lowest BCUT2D eigenvalue weighted by Gasteiger charge is -2.06. The molecule has 17 heavy (non-hydrogen) atoms. The summed E-state index contributed by atoms with van der Waals surface area (Å²) in [6.07, 6.45) is 0. The third-order valence-electron chi connectivity index (χ3n) is 1.99. The van der Waals surface area contributed by atoms with E-state index in [1.807, 2.05) is 0 Å². The number of alkyl halides is 1. The number of halogens is 1. The van der Waals surface area contributed by atoms with Crippen molar-refractivity contribution in [2.75, 3.05) is 32.8 Å². The van der Waals surface area contributed by atoms with Gasteiger partial charge in [-0.3, -0.25) is 0 Å². The van der Waals surface area contributed by atoms with Gasteiger partial charge in [-0.25, -0.2) is 4.79 Å². The molecule has 0 aliphatic heterocycles. The molecule has 1 aromatic rings. The molecule has 0 aliphatic rings. The molecule has 94 valence electrons. The van der Waals surface area contributed by atoms with Gasteiger partial charge in [0.2, 0.25) is 0 Å². The maximum Gasteiger partial charge on any atom is 0.337 e. The summed E-state index contributed by atoms with van der Waals surface area (Å²) in [6.45, 7) is 1.46. The highest BCUT2D eigenvalue weighted by atomic mass is 35.5. The van der Waals surface area contributed by atoms with Crippen molar-refractivity contribution in [3.63, 3.8) is 0 Å². The zero-order valence-electron chi connectivity index (χ0n) is 9.65. The summed E-state index contributed by atoms with van der Waals surface area (Å²) in [6, 6.07) is 6.74. The Bertz CT molecular complexity index is 337. The summed E-state index contributed by atoms with van der Waals surface area (Å²) < 4.78 is 15.1. The van der Waals surface area contributed by atoms with E-state index in [1.54, 1.807) is 24.3 Å². The van der Waals surface area contributed by atoms with E-state index in [2.05, 4.69) is 4.74 Å². The van der Waals surface area contributed by atoms with E-state index in [-0.39, 0.29) is 5.97 Å². The molecule has 0 N–H and O–H groups in total. The van der Waals surface area contributed by atoms with Crippen LogP contribution in [0.4, 0.5) is 0 Å². The Morgan fingerprint density at radius 2 is 1.88 bits per heavy atom. The predicted molar refractivity (Wildman–Crippen MR) is 64.8 cm³/mol. The zero-order valence-corrected chi connectivity index (χ0v) is 10.4. The molecule has 0 amide bonds. The lowest BCUT2D eigenvalue weighted by Crippen LogP contribution is -2.08. The van der Waals surface area contributed by atoms with Gasteiger partial charge >= 0.3 is 5.97 Å². The fraction of sp³-hybridized carbons (Fsp3) is 0.417. The molecule has 4 nitrogen and oxygen atoms in total. The molecular weight excluding hydrogens is 244 g/mol. The minimum Gasteiger partial charge on any atom is -0.491 e. The molecule has 0 saturated carbocycles. The third-order valence-corrected chi connectivity index (χ3v) is 2.15. The van der Waals surface area contributed by atoms with Gasteiger partial charge in [0.25, 0.3) is 0 Å². The normalized spacial score (nSPS) is 10.0. The molecule has 0 atom stereocenters. The van der Waals surface area contributed by atoms with Crippen molar-refractivity contribution >= 4 is 17.6 Å². The van der Waals surface area contributed by atoms with Gasteiger partial charge in [-0.15, -0.1) is 11.6 Å². The van der Waals surface area contributed by atoms with E-state index in [0.29, 0.717) is 37.0 Å². The van der Waals surface area contributed by atoms with Gasteiger partial charge in [0.1, 0.15) is 12.4 Å². The maximum absolute atomic E-state index is 11.2. The van der Waals surface area contributed by atoms with Crippen molar-refractivity contribution < 1.29 is 19.0 Å². The van der Waals surface area contributed by atoms with Crippen molar-refractivity contribution in [1.29, 1.82) is 0 Å². The van der Waals surface area contributed by atoms with Crippen LogP contribution in [-0.2, 0) is 9.47 Å². The number of ether oxygens (including phenoxy) is 3. The number of esters is 1. The lowest BCUT2D eigenvalue weighted by atomic mass is 10.2. The number of hydrogen-bond acceptors (Lipinski definition) is 4. The second kappa shape index (κ2) is 7.92. The lowest BCUT2D eigenvalue weighted by molar-refractivity contribution is 0.0600. The monoisotopic (exact) mass is 258 g/mol. The van der Waals surface area contributed by atoms with Gasteiger partial charge < -0.3 is 14.2 Å². The summed E-state index contributed by atoms with van der Waals surface area (Å²) in [5.41, 5.74) is 0.498. The smallest absolute Gasteiger partial charge is 0.337 e. The van der Waals surface area contributed by atoms with Crippen molar-refractivity contribution in [1.82, 2.24) is 0 Å². The molecule has 0 aliphatic carbocycles. The van der Waals surface area contributed by atoms with Crippen LogP contribution < -0.4 is 4.74 Å². The van der Waals surface area contributed by atoms with Crippen molar-refractivity contribution in [2.45, 2.75) is 0 Å². The van der Waals surface area contributed by atoms with Gasteiger partial charge in [-0.05, 0) is 24.3 Å². The molecule has 5 heteroatoms. The van der Waals surface area contributed by atoms with Gasteiger partial charge in [0, 0.05) is 5.88 Å². The molecule has 0 unspecified atom stereocenters. The molecule has 0 heterocycles. The second-order valence-electron chi connectivity index (χ2n) is 3.17. The van der Waals surface area contributed by atoms with E-state index in [1.165, 1.54) is 7.11 Å². The molecule has 0 spiro atoms. The van der Waals surface area contributed by atoms with Crippen LogP contribution in [-0.4, -0.2) is 38.8 Å². The van der Waals surface area contributed by atoms with E-state index < -0.39 is 0 Å². The number of methoxy groups -OCH3 is 1. The van der Waals surface area contributed by atoms with Gasteiger partial charge in [0.15, 0.2) is 0 Å². The molecule has 1 rings (SSSR count). The summed E-state index contributed by atoms with van der Waals surface area (Å²) in [4.78, 5) is 11.2. The highest BCUT2D eigenvalue weighted by Gasteiger charge is 2.04. The Kier molecular flexibility index (Phi) is 6.43. The summed E-state index contributed by atoms with van der Waals surface area (Å²) in [7, 11) is 1.35. The molecule has 0 fully saturated rings. The third kappa shape index (κ3) is 5.06. The van der Waals surface area contributed by atoms with E-state index in [0.717, 1.165) is 0 Å². The van der Waals surface area contributed by atoms with Crippen LogP contribution in [0.1, 0.15) is 10.4 Å². The number of carbonyl (C=O) groups excluding carboxylic acids is 1. The van der Waals surface area contributed by atoms with Gasteiger partial charge in [-0.1, -0.05) is 0 Å². The average molecular weight is 259 g/mol. The van der Waals surface area contributed by atoms with E-state index in [9.17, 15) is 4.79 Å². The summed E-state index contributed by atoms with van der Waals surface area (Å²) in [5, 5.41) is 0. The van der Waals surface area contributed by atoms with Crippen LogP contribution in [0.5, 0.6) is 5.75 Å². The predicted octanol–water partition coefficient (Wildman–Crippen LogP) is 2.11. The maximum atomic E-state index is 11.2. The Morgan fingerprint density at radius 3 is 2.47 bits per heavy atom. The minimum atomic E-state index is -0.359. The molecule has 1 aromatic carbocycles. The van der Waals surface area contributed by atoms with Crippen LogP contribution in [0.2, 0.25) is 0 Å². The summed E-state index contributed by atoms with van der Waals surface area (Å²) in [5.74, 6) is 0.808. The van der Waals surface area contributed by atoms with Gasteiger partial charge in [0.05, 0.1) is 25.9 Å². The first kappa shape index (κ1) is 13.8. The highest BCUT2D eigenvalue weighted by molar-refractivity contribution is 6.17. The number of carbonyl (C=O) groups is 1. The Balaban J connectivity index is 2.33. The topological polar surface area (TPSA) is 44.8 Å². The van der Waals surface area contributed by atoms with Crippen LogP contribution in [0, 0.1) is 0 Å². The Morgan fingerprint density at radius 1 is 1.18 bits per heavy atom. The average Bonchev–Trinajstić information content (AvgIpc) is 2.38. The van der Waals surface area contributed by atoms with Crippen LogP contribution in [0.3, 0.4) is 0 Å². The van der Waals surface area contributed by atoms with Crippen molar-refractivity contribution in [2.24, 2.45) is 0 Å². The molecule has 0 aromatic heterocycles. The van der Waals surface area contributed by atoms with Crippen LogP contribution in [0.25, 0.3) is 0 Å². The highest BCUT2D eigenvalue weighted by Crippen LogP contribution is 2.12. The quantitative estimate of drug-likeness (QED) is 0.427. The number of benzene rings is 1. The Hall–Kier alpha value is -1.26. The fourth-order valence-electron chi connectivity index (χ4n) is 1.18. The van der Waals surface area contributed by atoms with E-state index in [4.69, 9.17) is 21.1 Å². The minimum absolute atomic E-state index is 0.359. The Labute approximate surface area is 105 Å². The second-order valence-corrected chi connectivity index (χ2v) is 3.54. The fourth-order valence-corrected chi connectivity index (χ4v) is 1.29. The van der Waals surface area contributed by atoms with E-state index >= 15 is 0 Å². The molecule has 0 radical (unpaired) electrons. The van der Waals surface area contributed by atoms with Crippen LogP contribution >= 0.6 is 11.6 Å². The van der Waals surface area contributed by atoms with Crippen LogP contribution in [0.15, 0.2) is 24.3 Å². The first-order valence-electron chi connectivity index (χ1n) is 5.23. The molecule has 0 bridgehead atoms. The largest absolute Gasteiger partial charge is 0.491 e. The summed E-state index contributed by atoms with van der Waals surface area (Å²) >= 11 is 5.45. The number of rotatable bonds is 7. The van der Waals surface area contributed by atoms with Gasteiger partial charge in [-0.2, -0.15) is 0 Å². The first-order chi connectivity index (χ1) is 8.27. The first-order valence-corrected chi connectivity index (χ1v) is 5.76. The standard InChI is InChI=1S/C12H15ClO4/c1-15-12(14)10-2-4-11(5-3-10)17-9-8-16-7-6-13/h2-5H,6-9H2,1H3. The van der Waals surface area contributed by atoms with Crippen molar-refractivity contribution in [3.8, 4) is 5.75 Å². The molecule has 0 saturated heterocycles. The van der Waals surface area contributed by atoms with Crippen molar-refractivity contribution in [3.05, 3.63) is 29.8 Å². The number of hydrogen-bond donors (Lipinski definition) is 0. The zero-order chi connectivity index (χ0) is 12.5.